The van der Waals surface area contributed by atoms with Gasteiger partial charge in [-0.3, -0.25) is 0 Å². The van der Waals surface area contributed by atoms with Crippen molar-refractivity contribution < 1.29 is 9.47 Å². The Morgan fingerprint density at radius 3 is 2.70 bits per heavy atom. The molecule has 0 amide bonds. The standard InChI is InChI=1S/C15H22BrNO2S/c1-4-15(5-2,20-3)9-17-8-11-6-12(16)14-13(7-11)18-10-19-14/h6-7,17H,4-5,8-10H2,1-3H3. The summed E-state index contributed by atoms with van der Waals surface area (Å²) in [6.07, 6.45) is 4.57. The molecule has 1 N–H and O–H groups in total. The van der Waals surface area contributed by atoms with E-state index >= 15 is 0 Å². The highest BCUT2D eigenvalue weighted by molar-refractivity contribution is 9.10. The lowest BCUT2D eigenvalue weighted by Crippen LogP contribution is -2.36. The number of hydrogen-bond acceptors (Lipinski definition) is 4. The van der Waals surface area contributed by atoms with Crippen molar-refractivity contribution >= 4 is 27.7 Å². The van der Waals surface area contributed by atoms with Crippen molar-refractivity contribution in [3.8, 4) is 11.5 Å². The van der Waals surface area contributed by atoms with E-state index in [1.165, 1.54) is 18.4 Å². The summed E-state index contributed by atoms with van der Waals surface area (Å²) < 4.78 is 12.2. The molecule has 20 heavy (non-hydrogen) atoms. The molecular formula is C15H22BrNO2S. The monoisotopic (exact) mass is 359 g/mol. The van der Waals surface area contributed by atoms with Crippen LogP contribution < -0.4 is 14.8 Å². The normalized spacial score (nSPS) is 13.8. The Labute approximate surface area is 133 Å². The zero-order valence-electron chi connectivity index (χ0n) is 12.3. The third kappa shape index (κ3) is 3.43. The molecule has 0 aromatic heterocycles. The van der Waals surface area contributed by atoms with Crippen LogP contribution in [0.2, 0.25) is 0 Å². The fourth-order valence-corrected chi connectivity index (χ4v) is 3.85. The summed E-state index contributed by atoms with van der Waals surface area (Å²) in [7, 11) is 0. The fourth-order valence-electron chi connectivity index (χ4n) is 2.42. The van der Waals surface area contributed by atoms with Gasteiger partial charge in [-0.15, -0.1) is 0 Å². The van der Waals surface area contributed by atoms with Crippen LogP contribution in [0, 0.1) is 0 Å². The molecule has 1 aromatic rings. The van der Waals surface area contributed by atoms with E-state index in [1.807, 2.05) is 11.8 Å². The Morgan fingerprint density at radius 2 is 2.05 bits per heavy atom. The van der Waals surface area contributed by atoms with E-state index < -0.39 is 0 Å². The molecule has 0 radical (unpaired) electrons. The molecule has 1 aliphatic heterocycles. The molecule has 0 saturated heterocycles. The minimum atomic E-state index is 0.312. The molecule has 0 bridgehead atoms. The average Bonchev–Trinajstić information content (AvgIpc) is 2.93. The number of ether oxygens (including phenoxy) is 2. The second kappa shape index (κ2) is 7.05. The Balaban J connectivity index is 1.96. The molecule has 0 spiro atoms. The van der Waals surface area contributed by atoms with Crippen molar-refractivity contribution in [1.82, 2.24) is 5.32 Å². The zero-order chi connectivity index (χ0) is 14.6. The summed E-state index contributed by atoms with van der Waals surface area (Å²) in [6.45, 7) is 6.70. The molecule has 1 aromatic carbocycles. The van der Waals surface area contributed by atoms with Crippen LogP contribution in [0.4, 0.5) is 0 Å². The minimum Gasteiger partial charge on any atom is -0.454 e. The smallest absolute Gasteiger partial charge is 0.231 e. The van der Waals surface area contributed by atoms with Gasteiger partial charge in [0.25, 0.3) is 0 Å². The number of halogens is 1. The van der Waals surface area contributed by atoms with Crippen molar-refractivity contribution in [3.63, 3.8) is 0 Å². The molecule has 5 heteroatoms. The molecule has 2 rings (SSSR count). The van der Waals surface area contributed by atoms with Gasteiger partial charge >= 0.3 is 0 Å². The predicted octanol–water partition coefficient (Wildman–Crippen LogP) is 4.19. The molecular weight excluding hydrogens is 338 g/mol. The van der Waals surface area contributed by atoms with E-state index in [0.29, 0.717) is 11.5 Å². The molecule has 1 aliphatic rings. The first-order valence-electron chi connectivity index (χ1n) is 6.98. The van der Waals surface area contributed by atoms with Crippen molar-refractivity contribution in [1.29, 1.82) is 0 Å². The lowest BCUT2D eigenvalue weighted by molar-refractivity contribution is 0.173. The molecule has 0 fully saturated rings. The van der Waals surface area contributed by atoms with Gasteiger partial charge in [-0.2, -0.15) is 11.8 Å². The Kier molecular flexibility index (Phi) is 5.64. The van der Waals surface area contributed by atoms with Gasteiger partial charge in [-0.05, 0) is 52.7 Å². The van der Waals surface area contributed by atoms with Gasteiger partial charge in [0.05, 0.1) is 4.47 Å². The van der Waals surface area contributed by atoms with Gasteiger partial charge in [0.1, 0.15) is 0 Å². The number of thioether (sulfide) groups is 1. The van der Waals surface area contributed by atoms with Gasteiger partial charge in [0.15, 0.2) is 11.5 Å². The molecule has 1 heterocycles. The zero-order valence-corrected chi connectivity index (χ0v) is 14.7. The summed E-state index contributed by atoms with van der Waals surface area (Å²) >= 11 is 5.49. The number of benzene rings is 1. The Hall–Kier alpha value is -0.390. The average molecular weight is 360 g/mol. The number of fused-ring (bicyclic) bond motifs is 1. The third-order valence-corrected chi connectivity index (χ3v) is 6.16. The summed E-state index contributed by atoms with van der Waals surface area (Å²) in [5, 5.41) is 3.58. The summed E-state index contributed by atoms with van der Waals surface area (Å²) in [4.78, 5) is 0. The second-order valence-electron chi connectivity index (χ2n) is 5.01. The van der Waals surface area contributed by atoms with E-state index in [2.05, 4.69) is 53.5 Å². The lowest BCUT2D eigenvalue weighted by Gasteiger charge is -2.30. The van der Waals surface area contributed by atoms with Crippen LogP contribution in [0.15, 0.2) is 16.6 Å². The summed E-state index contributed by atoms with van der Waals surface area (Å²) in [6, 6.07) is 4.15. The maximum atomic E-state index is 5.45. The number of nitrogens with one attached hydrogen (secondary N) is 1. The molecule has 0 atom stereocenters. The molecule has 0 unspecified atom stereocenters. The Morgan fingerprint density at radius 1 is 1.30 bits per heavy atom. The molecule has 112 valence electrons. The maximum absolute atomic E-state index is 5.45. The van der Waals surface area contributed by atoms with Gasteiger partial charge in [-0.25, -0.2) is 0 Å². The van der Waals surface area contributed by atoms with Crippen LogP contribution in [-0.4, -0.2) is 24.3 Å². The quantitative estimate of drug-likeness (QED) is 0.790. The highest BCUT2D eigenvalue weighted by Crippen LogP contribution is 2.40. The summed E-state index contributed by atoms with van der Waals surface area (Å²) in [5.41, 5.74) is 1.21. The van der Waals surface area contributed by atoms with Crippen molar-refractivity contribution in [3.05, 3.63) is 22.2 Å². The highest BCUT2D eigenvalue weighted by Gasteiger charge is 2.24. The van der Waals surface area contributed by atoms with Gasteiger partial charge in [-0.1, -0.05) is 13.8 Å². The molecule has 0 saturated carbocycles. The first-order valence-corrected chi connectivity index (χ1v) is 8.99. The molecule has 3 nitrogen and oxygen atoms in total. The first-order chi connectivity index (χ1) is 9.64. The van der Waals surface area contributed by atoms with E-state index in [1.54, 1.807) is 0 Å². The van der Waals surface area contributed by atoms with Crippen LogP contribution in [0.25, 0.3) is 0 Å². The third-order valence-electron chi connectivity index (χ3n) is 3.98. The van der Waals surface area contributed by atoms with E-state index in [0.717, 1.165) is 29.1 Å². The van der Waals surface area contributed by atoms with Crippen LogP contribution in [0.5, 0.6) is 11.5 Å². The fraction of sp³-hybridized carbons (Fsp3) is 0.600. The van der Waals surface area contributed by atoms with Crippen molar-refractivity contribution in [2.75, 3.05) is 19.6 Å². The Bertz CT molecular complexity index is 455. The van der Waals surface area contributed by atoms with Gasteiger partial charge in [0, 0.05) is 17.8 Å². The number of rotatable bonds is 7. The van der Waals surface area contributed by atoms with Crippen LogP contribution >= 0.6 is 27.7 Å². The van der Waals surface area contributed by atoms with E-state index in [9.17, 15) is 0 Å². The van der Waals surface area contributed by atoms with Gasteiger partial charge < -0.3 is 14.8 Å². The minimum absolute atomic E-state index is 0.312. The van der Waals surface area contributed by atoms with Gasteiger partial charge in [0.2, 0.25) is 6.79 Å². The van der Waals surface area contributed by atoms with Crippen molar-refractivity contribution in [2.45, 2.75) is 38.0 Å². The van der Waals surface area contributed by atoms with Crippen molar-refractivity contribution in [2.24, 2.45) is 0 Å². The molecule has 0 aliphatic carbocycles. The largest absolute Gasteiger partial charge is 0.454 e. The lowest BCUT2D eigenvalue weighted by atomic mass is 10.0. The van der Waals surface area contributed by atoms with E-state index in [-0.39, 0.29) is 0 Å². The number of hydrogen-bond donors (Lipinski definition) is 1. The van der Waals surface area contributed by atoms with E-state index in [4.69, 9.17) is 9.47 Å². The van der Waals surface area contributed by atoms with Crippen LogP contribution in [-0.2, 0) is 6.54 Å². The first kappa shape index (κ1) is 16.0. The van der Waals surface area contributed by atoms with Crippen LogP contribution in [0.3, 0.4) is 0 Å². The predicted molar refractivity (Wildman–Crippen MR) is 88.8 cm³/mol. The highest BCUT2D eigenvalue weighted by atomic mass is 79.9. The second-order valence-corrected chi connectivity index (χ2v) is 7.14. The maximum Gasteiger partial charge on any atom is 0.231 e. The topological polar surface area (TPSA) is 30.5 Å². The summed E-state index contributed by atoms with van der Waals surface area (Å²) in [5.74, 6) is 1.65. The van der Waals surface area contributed by atoms with Crippen LogP contribution in [0.1, 0.15) is 32.3 Å². The SMILES string of the molecule is CCC(CC)(CNCc1cc(Br)c2c(c1)OCO2)SC.